The van der Waals surface area contributed by atoms with E-state index in [1.807, 2.05) is 13.0 Å². The Kier molecular flexibility index (Phi) is 5.75. The summed E-state index contributed by atoms with van der Waals surface area (Å²) in [6, 6.07) is 1.88. The molecule has 17 heavy (non-hydrogen) atoms. The summed E-state index contributed by atoms with van der Waals surface area (Å²) in [7, 11) is 0. The van der Waals surface area contributed by atoms with E-state index < -0.39 is 0 Å². The van der Waals surface area contributed by atoms with Crippen LogP contribution in [0.1, 0.15) is 39.9 Å². The van der Waals surface area contributed by atoms with Crippen molar-refractivity contribution < 1.29 is 4.79 Å². The summed E-state index contributed by atoms with van der Waals surface area (Å²) >= 11 is 1.42. The van der Waals surface area contributed by atoms with Gasteiger partial charge in [0, 0.05) is 6.54 Å². The second-order valence-electron chi connectivity index (χ2n) is 3.74. The van der Waals surface area contributed by atoms with Crippen LogP contribution in [0.4, 0.5) is 0 Å². The fourth-order valence-corrected chi connectivity index (χ4v) is 2.28. The van der Waals surface area contributed by atoms with Gasteiger partial charge in [-0.05, 0) is 25.0 Å². The molecule has 0 radical (unpaired) electrons. The van der Waals surface area contributed by atoms with Gasteiger partial charge in [0.25, 0.3) is 5.91 Å². The van der Waals surface area contributed by atoms with Gasteiger partial charge in [-0.2, -0.15) is 0 Å². The zero-order chi connectivity index (χ0) is 12.7. The van der Waals surface area contributed by atoms with Gasteiger partial charge in [0.1, 0.15) is 0 Å². The number of nitrogens with one attached hydrogen (secondary N) is 1. The summed E-state index contributed by atoms with van der Waals surface area (Å²) in [5.41, 5.74) is 6.36. The van der Waals surface area contributed by atoms with E-state index in [-0.39, 0.29) is 5.91 Å². The van der Waals surface area contributed by atoms with Gasteiger partial charge in [0.05, 0.1) is 16.3 Å². The lowest BCUT2D eigenvalue weighted by atomic mass is 10.2. The van der Waals surface area contributed by atoms with E-state index in [0.29, 0.717) is 6.54 Å². The molecule has 3 N–H and O–H groups in total. The summed E-state index contributed by atoms with van der Waals surface area (Å²) in [6.45, 7) is 5.13. The van der Waals surface area contributed by atoms with Crippen LogP contribution in [0, 0.1) is 18.8 Å². The number of carbonyl (C=O) groups excluding carboxylic acids is 1. The maximum absolute atomic E-state index is 11.8. The van der Waals surface area contributed by atoms with Gasteiger partial charge in [0.15, 0.2) is 0 Å². The zero-order valence-electron chi connectivity index (χ0n) is 10.3. The molecule has 0 aliphatic carbocycles. The summed E-state index contributed by atoms with van der Waals surface area (Å²) in [6.07, 6.45) is 2.09. The molecule has 0 saturated carbocycles. The maximum Gasteiger partial charge on any atom is 0.261 e. The van der Waals surface area contributed by atoms with Crippen LogP contribution >= 0.6 is 11.3 Å². The van der Waals surface area contributed by atoms with E-state index in [9.17, 15) is 4.79 Å². The van der Waals surface area contributed by atoms with Crippen molar-refractivity contribution in [3.63, 3.8) is 0 Å². The van der Waals surface area contributed by atoms with E-state index >= 15 is 0 Å². The second kappa shape index (κ2) is 7.10. The summed E-state index contributed by atoms with van der Waals surface area (Å²) in [4.78, 5) is 13.4. The molecule has 0 spiro atoms. The van der Waals surface area contributed by atoms with Crippen LogP contribution < -0.4 is 11.1 Å². The van der Waals surface area contributed by atoms with Crippen LogP contribution in [0.15, 0.2) is 6.07 Å². The third kappa shape index (κ3) is 4.22. The molecular weight excluding hydrogens is 232 g/mol. The summed E-state index contributed by atoms with van der Waals surface area (Å²) in [5, 5.41) is 2.90. The quantitative estimate of drug-likeness (QED) is 0.633. The Balaban J connectivity index is 2.68. The smallest absolute Gasteiger partial charge is 0.261 e. The van der Waals surface area contributed by atoms with Crippen LogP contribution in [0.2, 0.25) is 0 Å². The fourth-order valence-electron chi connectivity index (χ4n) is 1.32. The third-order valence-corrected chi connectivity index (χ3v) is 3.41. The lowest BCUT2D eigenvalue weighted by Gasteiger charge is -2.00. The minimum Gasteiger partial charge on any atom is -0.351 e. The Labute approximate surface area is 106 Å². The number of nitrogens with two attached hydrogens (primary N) is 1. The number of aryl methyl sites for hydroxylation is 1. The van der Waals surface area contributed by atoms with Crippen molar-refractivity contribution >= 4 is 17.2 Å². The molecule has 92 valence electrons. The molecule has 1 heterocycles. The molecule has 1 aromatic heterocycles. The standard InChI is InChI=1S/C13H18N2OS/c1-3-4-8-15-13(16)12-9-10(2)11(17-12)6-5-7-14/h9H,3-4,7-8,14H2,1-2H3,(H,15,16). The van der Waals surface area contributed by atoms with Gasteiger partial charge in [0.2, 0.25) is 0 Å². The SMILES string of the molecule is CCCCNC(=O)c1cc(C)c(C#CCN)s1. The maximum atomic E-state index is 11.8. The lowest BCUT2D eigenvalue weighted by Crippen LogP contribution is -2.23. The first-order chi connectivity index (χ1) is 8.19. The largest absolute Gasteiger partial charge is 0.351 e. The van der Waals surface area contributed by atoms with Gasteiger partial charge in [-0.15, -0.1) is 11.3 Å². The van der Waals surface area contributed by atoms with Crippen molar-refractivity contribution in [3.05, 3.63) is 21.4 Å². The first kappa shape index (κ1) is 13.8. The number of carbonyl (C=O) groups is 1. The average Bonchev–Trinajstić information content (AvgIpc) is 2.68. The van der Waals surface area contributed by atoms with Crippen molar-refractivity contribution in [2.24, 2.45) is 5.73 Å². The Hall–Kier alpha value is -1.31. The number of amides is 1. The fraction of sp³-hybridized carbons (Fsp3) is 0.462. The molecule has 1 aromatic rings. The highest BCUT2D eigenvalue weighted by atomic mass is 32.1. The number of thiophene rings is 1. The van der Waals surface area contributed by atoms with Crippen LogP contribution in [0.5, 0.6) is 0 Å². The molecular formula is C13H18N2OS. The van der Waals surface area contributed by atoms with Crippen molar-refractivity contribution in [3.8, 4) is 11.8 Å². The number of rotatable bonds is 4. The normalized spacial score (nSPS) is 9.59. The number of hydrogen-bond acceptors (Lipinski definition) is 3. The highest BCUT2D eigenvalue weighted by Crippen LogP contribution is 2.20. The van der Waals surface area contributed by atoms with Crippen molar-refractivity contribution in [2.75, 3.05) is 13.1 Å². The van der Waals surface area contributed by atoms with Gasteiger partial charge < -0.3 is 11.1 Å². The molecule has 0 bridgehead atoms. The monoisotopic (exact) mass is 250 g/mol. The molecule has 0 saturated heterocycles. The molecule has 0 unspecified atom stereocenters. The molecule has 3 nitrogen and oxygen atoms in total. The minimum absolute atomic E-state index is 0.00708. The molecule has 1 rings (SSSR count). The highest BCUT2D eigenvalue weighted by molar-refractivity contribution is 7.14. The van der Waals surface area contributed by atoms with Gasteiger partial charge in [-0.3, -0.25) is 4.79 Å². The first-order valence-electron chi connectivity index (χ1n) is 5.76. The zero-order valence-corrected chi connectivity index (χ0v) is 11.1. The number of hydrogen-bond donors (Lipinski definition) is 2. The van der Waals surface area contributed by atoms with Crippen LogP contribution in [-0.4, -0.2) is 19.0 Å². The van der Waals surface area contributed by atoms with Crippen LogP contribution in [0.3, 0.4) is 0 Å². The van der Waals surface area contributed by atoms with Crippen LogP contribution in [0.25, 0.3) is 0 Å². The van der Waals surface area contributed by atoms with Crippen molar-refractivity contribution in [2.45, 2.75) is 26.7 Å². The average molecular weight is 250 g/mol. The topological polar surface area (TPSA) is 55.1 Å². The van der Waals surface area contributed by atoms with Crippen molar-refractivity contribution in [1.29, 1.82) is 0 Å². The molecule has 4 heteroatoms. The first-order valence-corrected chi connectivity index (χ1v) is 6.58. The Morgan fingerprint density at radius 1 is 1.59 bits per heavy atom. The van der Waals surface area contributed by atoms with Gasteiger partial charge in [-0.1, -0.05) is 25.2 Å². The number of unbranched alkanes of at least 4 members (excludes halogenated alkanes) is 1. The minimum atomic E-state index is -0.00708. The molecule has 0 aliphatic rings. The van der Waals surface area contributed by atoms with Gasteiger partial charge in [-0.25, -0.2) is 0 Å². The van der Waals surface area contributed by atoms with E-state index in [4.69, 9.17) is 5.73 Å². The Morgan fingerprint density at radius 2 is 2.35 bits per heavy atom. The second-order valence-corrected chi connectivity index (χ2v) is 4.79. The van der Waals surface area contributed by atoms with Crippen LogP contribution in [-0.2, 0) is 0 Å². The van der Waals surface area contributed by atoms with Gasteiger partial charge >= 0.3 is 0 Å². The molecule has 1 amide bonds. The molecule has 0 aliphatic heterocycles. The van der Waals surface area contributed by atoms with E-state index in [0.717, 1.165) is 34.7 Å². The predicted molar refractivity (Wildman–Crippen MR) is 72.2 cm³/mol. The van der Waals surface area contributed by atoms with E-state index in [2.05, 4.69) is 24.1 Å². The molecule has 0 fully saturated rings. The Morgan fingerprint density at radius 3 is 3.00 bits per heavy atom. The highest BCUT2D eigenvalue weighted by Gasteiger charge is 2.10. The third-order valence-electron chi connectivity index (χ3n) is 2.26. The summed E-state index contributed by atoms with van der Waals surface area (Å²) in [5.74, 6) is 5.78. The van der Waals surface area contributed by atoms with Crippen molar-refractivity contribution in [1.82, 2.24) is 5.32 Å². The Bertz CT molecular complexity index is 440. The summed E-state index contributed by atoms with van der Waals surface area (Å²) < 4.78 is 0. The van der Waals surface area contributed by atoms with E-state index in [1.54, 1.807) is 0 Å². The predicted octanol–water partition coefficient (Wildman–Crippen LogP) is 1.90. The molecule has 0 atom stereocenters. The van der Waals surface area contributed by atoms with E-state index in [1.165, 1.54) is 11.3 Å². The molecule has 0 aromatic carbocycles. The lowest BCUT2D eigenvalue weighted by molar-refractivity contribution is 0.0957.